The zero-order valence-corrected chi connectivity index (χ0v) is 14.0. The Kier molecular flexibility index (Phi) is 5.51. The number of hydrogen-bond donors (Lipinski definition) is 1. The second-order valence-corrected chi connectivity index (χ2v) is 6.78. The number of alkyl halides is 3. The average Bonchev–Trinajstić information content (AvgIpc) is 2.56. The van der Waals surface area contributed by atoms with E-state index in [-0.39, 0.29) is 11.7 Å². The molecule has 7 heteroatoms. The van der Waals surface area contributed by atoms with Crippen LogP contribution in [0.5, 0.6) is 5.75 Å². The van der Waals surface area contributed by atoms with E-state index in [2.05, 4.69) is 4.90 Å². The van der Waals surface area contributed by atoms with Crippen molar-refractivity contribution in [1.82, 2.24) is 10.2 Å². The van der Waals surface area contributed by atoms with Crippen molar-refractivity contribution in [2.24, 2.45) is 0 Å². The van der Waals surface area contributed by atoms with Crippen molar-refractivity contribution in [3.63, 3.8) is 0 Å². The third-order valence-electron chi connectivity index (χ3n) is 4.85. The summed E-state index contributed by atoms with van der Waals surface area (Å²) >= 11 is 0. The van der Waals surface area contributed by atoms with Gasteiger partial charge in [0.2, 0.25) is 0 Å². The predicted octanol–water partition coefficient (Wildman–Crippen LogP) is 3.37. The number of benzene rings is 1. The van der Waals surface area contributed by atoms with Crippen molar-refractivity contribution in [3.8, 4) is 5.75 Å². The van der Waals surface area contributed by atoms with Crippen LogP contribution in [0.25, 0.3) is 0 Å². The summed E-state index contributed by atoms with van der Waals surface area (Å²) in [6, 6.07) is 6.86. The van der Waals surface area contributed by atoms with E-state index in [9.17, 15) is 18.0 Å². The number of nitrogens with one attached hydrogen (secondary N) is 1. The lowest BCUT2D eigenvalue weighted by molar-refractivity contribution is -0.123. The van der Waals surface area contributed by atoms with Gasteiger partial charge in [-0.25, -0.2) is 0 Å². The van der Waals surface area contributed by atoms with E-state index in [0.29, 0.717) is 11.8 Å². The number of carbonyl (C=O) groups is 1. The average molecular weight is 356 g/mol. The maximum atomic E-state index is 12.1. The van der Waals surface area contributed by atoms with Crippen LogP contribution in [0.1, 0.15) is 42.5 Å². The molecule has 3 rings (SSSR count). The first-order valence-corrected chi connectivity index (χ1v) is 8.76. The van der Waals surface area contributed by atoms with Crippen LogP contribution in [-0.2, 0) is 0 Å². The largest absolute Gasteiger partial charge is 0.490 e. The predicted molar refractivity (Wildman–Crippen MR) is 87.7 cm³/mol. The van der Waals surface area contributed by atoms with Crippen LogP contribution >= 0.6 is 0 Å². The standard InChI is InChI=1S/C18H23F3N2O2/c19-18(20,21)12-22-17(24)13-4-6-15(7-5-13)25-16-10-14(11-16)23-8-2-1-3-9-23/h4-7,14,16H,1-3,8-12H2,(H,22,24)/t14-,16-. The first-order chi connectivity index (χ1) is 11.9. The van der Waals surface area contributed by atoms with Gasteiger partial charge >= 0.3 is 6.18 Å². The van der Waals surface area contributed by atoms with Gasteiger partial charge in [0, 0.05) is 24.4 Å². The van der Waals surface area contributed by atoms with Gasteiger partial charge in [0.25, 0.3) is 5.91 Å². The molecule has 138 valence electrons. The Morgan fingerprint density at radius 1 is 1.12 bits per heavy atom. The maximum absolute atomic E-state index is 12.1. The molecule has 1 N–H and O–H groups in total. The summed E-state index contributed by atoms with van der Waals surface area (Å²) in [6.45, 7) is 1.03. The smallest absolute Gasteiger partial charge is 0.405 e. The van der Waals surface area contributed by atoms with Gasteiger partial charge in [-0.3, -0.25) is 4.79 Å². The van der Waals surface area contributed by atoms with Crippen molar-refractivity contribution < 1.29 is 22.7 Å². The number of amides is 1. The Labute approximate surface area is 145 Å². The first-order valence-electron chi connectivity index (χ1n) is 8.76. The van der Waals surface area contributed by atoms with E-state index in [1.807, 2.05) is 5.32 Å². The van der Waals surface area contributed by atoms with E-state index in [0.717, 1.165) is 12.8 Å². The lowest BCUT2D eigenvalue weighted by Crippen LogP contribution is -2.50. The highest BCUT2D eigenvalue weighted by atomic mass is 19.4. The molecule has 0 atom stereocenters. The Bertz CT molecular complexity index is 577. The topological polar surface area (TPSA) is 41.6 Å². The molecular formula is C18H23F3N2O2. The molecule has 0 unspecified atom stereocenters. The molecule has 0 spiro atoms. The van der Waals surface area contributed by atoms with E-state index in [4.69, 9.17) is 4.74 Å². The van der Waals surface area contributed by atoms with Crippen LogP contribution in [0.15, 0.2) is 24.3 Å². The monoisotopic (exact) mass is 356 g/mol. The second-order valence-electron chi connectivity index (χ2n) is 6.78. The van der Waals surface area contributed by atoms with Crippen LogP contribution in [0.3, 0.4) is 0 Å². The normalized spacial score (nSPS) is 24.4. The van der Waals surface area contributed by atoms with Crippen LogP contribution < -0.4 is 10.1 Å². The van der Waals surface area contributed by atoms with Crippen LogP contribution in [0, 0.1) is 0 Å². The van der Waals surface area contributed by atoms with E-state index >= 15 is 0 Å². The fraction of sp³-hybridized carbons (Fsp3) is 0.611. The molecule has 0 radical (unpaired) electrons. The molecule has 4 nitrogen and oxygen atoms in total. The number of rotatable bonds is 5. The summed E-state index contributed by atoms with van der Waals surface area (Å²) in [4.78, 5) is 14.2. The molecule has 25 heavy (non-hydrogen) atoms. The van der Waals surface area contributed by atoms with Crippen LogP contribution in [-0.4, -0.2) is 48.8 Å². The molecule has 1 aliphatic carbocycles. The highest BCUT2D eigenvalue weighted by Gasteiger charge is 2.35. The fourth-order valence-electron chi connectivity index (χ4n) is 3.38. The number of ether oxygens (including phenoxy) is 1. The van der Waals surface area contributed by atoms with Crippen molar-refractivity contribution >= 4 is 5.91 Å². The molecule has 1 saturated carbocycles. The first kappa shape index (κ1) is 18.0. The SMILES string of the molecule is O=C(NCC(F)(F)F)c1ccc(O[C@H]2C[C@H](N3CCCCC3)C2)cc1. The molecule has 0 bridgehead atoms. The molecule has 1 amide bonds. The zero-order chi connectivity index (χ0) is 17.9. The van der Waals surface area contributed by atoms with Gasteiger partial charge in [-0.2, -0.15) is 13.2 Å². The number of piperidine rings is 1. The van der Waals surface area contributed by atoms with Crippen LogP contribution in [0.4, 0.5) is 13.2 Å². The minimum Gasteiger partial charge on any atom is -0.490 e. The molecular weight excluding hydrogens is 333 g/mol. The van der Waals surface area contributed by atoms with Crippen molar-refractivity contribution in [1.29, 1.82) is 0 Å². The lowest BCUT2D eigenvalue weighted by atomic mass is 9.86. The highest BCUT2D eigenvalue weighted by molar-refractivity contribution is 5.94. The van der Waals surface area contributed by atoms with Gasteiger partial charge in [-0.05, 0) is 50.2 Å². The molecule has 2 aliphatic rings. The van der Waals surface area contributed by atoms with Crippen molar-refractivity contribution in [2.75, 3.05) is 19.6 Å². The third-order valence-corrected chi connectivity index (χ3v) is 4.85. The Hall–Kier alpha value is -1.76. The van der Waals surface area contributed by atoms with Crippen LogP contribution in [0.2, 0.25) is 0 Å². The molecule has 1 aromatic rings. The number of halogens is 3. The number of likely N-dealkylation sites (tertiary alicyclic amines) is 1. The Morgan fingerprint density at radius 2 is 1.76 bits per heavy atom. The zero-order valence-electron chi connectivity index (χ0n) is 14.0. The number of nitrogens with zero attached hydrogens (tertiary/aromatic N) is 1. The van der Waals surface area contributed by atoms with Crippen molar-refractivity contribution in [3.05, 3.63) is 29.8 Å². The van der Waals surface area contributed by atoms with Gasteiger partial charge in [0.15, 0.2) is 0 Å². The summed E-state index contributed by atoms with van der Waals surface area (Å²) in [5.41, 5.74) is 0.191. The summed E-state index contributed by atoms with van der Waals surface area (Å²) in [5, 5.41) is 1.85. The summed E-state index contributed by atoms with van der Waals surface area (Å²) in [6.07, 6.45) is 1.67. The lowest BCUT2D eigenvalue weighted by Gasteiger charge is -2.44. The molecule has 2 fully saturated rings. The Morgan fingerprint density at radius 3 is 2.36 bits per heavy atom. The minimum atomic E-state index is -4.41. The third kappa shape index (κ3) is 5.11. The highest BCUT2D eigenvalue weighted by Crippen LogP contribution is 2.31. The second kappa shape index (κ2) is 7.64. The number of carbonyl (C=O) groups excluding carboxylic acids is 1. The fourth-order valence-corrected chi connectivity index (χ4v) is 3.38. The van der Waals surface area contributed by atoms with E-state index in [1.165, 1.54) is 44.5 Å². The molecule has 1 heterocycles. The molecule has 0 aromatic heterocycles. The van der Waals surface area contributed by atoms with Crippen molar-refractivity contribution in [2.45, 2.75) is 50.4 Å². The summed E-state index contributed by atoms with van der Waals surface area (Å²) in [5.74, 6) is -0.0906. The van der Waals surface area contributed by atoms with Gasteiger partial charge < -0.3 is 15.0 Å². The molecule has 1 saturated heterocycles. The maximum Gasteiger partial charge on any atom is 0.405 e. The number of hydrogen-bond acceptors (Lipinski definition) is 3. The molecule has 1 aliphatic heterocycles. The van der Waals surface area contributed by atoms with Gasteiger partial charge in [0.1, 0.15) is 18.4 Å². The molecule has 1 aromatic carbocycles. The Balaban J connectivity index is 1.43. The van der Waals surface area contributed by atoms with Gasteiger partial charge in [-0.1, -0.05) is 6.42 Å². The van der Waals surface area contributed by atoms with E-state index in [1.54, 1.807) is 12.1 Å². The summed E-state index contributed by atoms with van der Waals surface area (Å²) < 4.78 is 42.2. The minimum absolute atomic E-state index is 0.178. The summed E-state index contributed by atoms with van der Waals surface area (Å²) in [7, 11) is 0. The van der Waals surface area contributed by atoms with Gasteiger partial charge in [-0.15, -0.1) is 0 Å². The van der Waals surface area contributed by atoms with Gasteiger partial charge in [0.05, 0.1) is 0 Å². The quantitative estimate of drug-likeness (QED) is 0.879. The van der Waals surface area contributed by atoms with E-state index < -0.39 is 18.6 Å².